The molecule has 0 N–H and O–H groups in total. The molecule has 0 aromatic heterocycles. The second kappa shape index (κ2) is 5.19. The second-order valence-electron chi connectivity index (χ2n) is 4.34. The van der Waals surface area contributed by atoms with Crippen LogP contribution in [0.3, 0.4) is 0 Å². The zero-order chi connectivity index (χ0) is 12.3. The molecular weight excluding hydrogens is 218 g/mol. The van der Waals surface area contributed by atoms with Gasteiger partial charge in [0.1, 0.15) is 5.75 Å². The molecule has 1 heterocycles. The summed E-state index contributed by atoms with van der Waals surface area (Å²) < 4.78 is 10.8. The maximum absolute atomic E-state index is 11.9. The fourth-order valence-corrected chi connectivity index (χ4v) is 1.98. The predicted molar refractivity (Wildman–Crippen MR) is 64.0 cm³/mol. The van der Waals surface area contributed by atoms with Crippen LogP contribution in [-0.4, -0.2) is 36.3 Å². The third-order valence-electron chi connectivity index (χ3n) is 2.63. The van der Waals surface area contributed by atoms with E-state index in [0.717, 1.165) is 0 Å². The van der Waals surface area contributed by atoms with Crippen LogP contribution in [0.15, 0.2) is 30.3 Å². The van der Waals surface area contributed by atoms with Crippen LogP contribution in [0, 0.1) is 0 Å². The van der Waals surface area contributed by atoms with Crippen LogP contribution in [0.1, 0.15) is 13.8 Å². The van der Waals surface area contributed by atoms with Crippen LogP contribution < -0.4 is 4.74 Å². The lowest BCUT2D eigenvalue weighted by molar-refractivity contribution is -0.0592. The van der Waals surface area contributed by atoms with Gasteiger partial charge in [0.25, 0.3) is 0 Å². The van der Waals surface area contributed by atoms with Crippen LogP contribution in [0.4, 0.5) is 4.79 Å². The molecule has 0 unspecified atom stereocenters. The molecule has 2 rings (SSSR count). The molecule has 0 bridgehead atoms. The fourth-order valence-electron chi connectivity index (χ4n) is 1.98. The first-order valence-electron chi connectivity index (χ1n) is 5.82. The fraction of sp³-hybridized carbons (Fsp3) is 0.462. The quantitative estimate of drug-likeness (QED) is 0.749. The molecule has 1 aliphatic rings. The van der Waals surface area contributed by atoms with Gasteiger partial charge in [-0.3, -0.25) is 0 Å². The number of ether oxygens (including phenoxy) is 2. The summed E-state index contributed by atoms with van der Waals surface area (Å²) in [5.74, 6) is 0.573. The first-order valence-corrected chi connectivity index (χ1v) is 5.82. The van der Waals surface area contributed by atoms with Gasteiger partial charge in [-0.25, -0.2) is 4.79 Å². The predicted octanol–water partition coefficient (Wildman–Crippen LogP) is 2.29. The standard InChI is InChI=1S/C13H17NO3/c1-10-8-14(9-11(2)16-10)13(15)17-12-6-4-3-5-7-12/h3-7,10-11H,8-9H2,1-2H3/t10-,11+. The number of hydrogen-bond donors (Lipinski definition) is 0. The van der Waals surface area contributed by atoms with Gasteiger partial charge in [-0.05, 0) is 26.0 Å². The number of amides is 1. The lowest BCUT2D eigenvalue weighted by Crippen LogP contribution is -2.49. The number of carbonyl (C=O) groups is 1. The first kappa shape index (κ1) is 11.9. The van der Waals surface area contributed by atoms with E-state index in [1.54, 1.807) is 17.0 Å². The van der Waals surface area contributed by atoms with E-state index in [-0.39, 0.29) is 18.3 Å². The molecule has 1 aromatic carbocycles. The largest absolute Gasteiger partial charge is 0.415 e. The van der Waals surface area contributed by atoms with Crippen molar-refractivity contribution in [1.82, 2.24) is 4.90 Å². The highest BCUT2D eigenvalue weighted by atomic mass is 16.6. The van der Waals surface area contributed by atoms with Crippen molar-refractivity contribution < 1.29 is 14.3 Å². The number of carbonyl (C=O) groups excluding carboxylic acids is 1. The van der Waals surface area contributed by atoms with Crippen molar-refractivity contribution >= 4 is 6.09 Å². The van der Waals surface area contributed by atoms with Crippen molar-refractivity contribution in [3.05, 3.63) is 30.3 Å². The zero-order valence-corrected chi connectivity index (χ0v) is 10.1. The average molecular weight is 235 g/mol. The molecule has 1 aliphatic heterocycles. The van der Waals surface area contributed by atoms with Crippen LogP contribution >= 0.6 is 0 Å². The molecule has 0 saturated carbocycles. The van der Waals surface area contributed by atoms with E-state index in [1.165, 1.54) is 0 Å². The summed E-state index contributed by atoms with van der Waals surface area (Å²) in [7, 11) is 0. The maximum Gasteiger partial charge on any atom is 0.415 e. The first-order chi connectivity index (χ1) is 8.15. The molecule has 0 aliphatic carbocycles. The minimum Gasteiger partial charge on any atom is -0.410 e. The Labute approximate surface area is 101 Å². The summed E-state index contributed by atoms with van der Waals surface area (Å²) in [6, 6.07) is 9.10. The van der Waals surface area contributed by atoms with Crippen molar-refractivity contribution in [2.45, 2.75) is 26.1 Å². The van der Waals surface area contributed by atoms with Crippen molar-refractivity contribution in [3.8, 4) is 5.75 Å². The minimum absolute atomic E-state index is 0.0575. The summed E-state index contributed by atoms with van der Waals surface area (Å²) >= 11 is 0. The normalized spacial score (nSPS) is 24.5. The summed E-state index contributed by atoms with van der Waals surface area (Å²) in [6.07, 6.45) is -0.192. The number of morpholine rings is 1. The van der Waals surface area contributed by atoms with E-state index in [9.17, 15) is 4.79 Å². The van der Waals surface area contributed by atoms with Gasteiger partial charge in [0.05, 0.1) is 25.3 Å². The summed E-state index contributed by atoms with van der Waals surface area (Å²) in [6.45, 7) is 5.07. The van der Waals surface area contributed by atoms with Crippen molar-refractivity contribution in [3.63, 3.8) is 0 Å². The molecule has 4 heteroatoms. The Morgan fingerprint density at radius 1 is 1.24 bits per heavy atom. The smallest absolute Gasteiger partial charge is 0.410 e. The molecular formula is C13H17NO3. The summed E-state index contributed by atoms with van der Waals surface area (Å²) in [4.78, 5) is 13.6. The molecule has 1 saturated heterocycles. The van der Waals surface area contributed by atoms with Crippen molar-refractivity contribution in [2.24, 2.45) is 0 Å². The highest BCUT2D eigenvalue weighted by Gasteiger charge is 2.27. The molecule has 1 aromatic rings. The Balaban J connectivity index is 1.96. The molecule has 0 radical (unpaired) electrons. The molecule has 0 spiro atoms. The third kappa shape index (κ3) is 3.20. The Kier molecular flexibility index (Phi) is 3.64. The van der Waals surface area contributed by atoms with Crippen LogP contribution in [0.5, 0.6) is 5.75 Å². The Bertz CT molecular complexity index is 370. The van der Waals surface area contributed by atoms with E-state index in [2.05, 4.69) is 0 Å². The highest BCUT2D eigenvalue weighted by Crippen LogP contribution is 2.14. The third-order valence-corrected chi connectivity index (χ3v) is 2.63. The Morgan fingerprint density at radius 3 is 2.41 bits per heavy atom. The van der Waals surface area contributed by atoms with E-state index in [4.69, 9.17) is 9.47 Å². The summed E-state index contributed by atoms with van der Waals surface area (Å²) in [5, 5.41) is 0. The number of hydrogen-bond acceptors (Lipinski definition) is 3. The number of nitrogens with zero attached hydrogens (tertiary/aromatic N) is 1. The Morgan fingerprint density at radius 2 is 1.82 bits per heavy atom. The SMILES string of the molecule is C[C@@H]1CN(C(=O)Oc2ccccc2)C[C@H](C)O1. The van der Waals surface area contributed by atoms with E-state index in [0.29, 0.717) is 18.8 Å². The van der Waals surface area contributed by atoms with Crippen LogP contribution in [0.25, 0.3) is 0 Å². The number of para-hydroxylation sites is 1. The van der Waals surface area contributed by atoms with Gasteiger partial charge in [-0.1, -0.05) is 18.2 Å². The lowest BCUT2D eigenvalue weighted by atomic mass is 10.2. The molecule has 17 heavy (non-hydrogen) atoms. The zero-order valence-electron chi connectivity index (χ0n) is 10.1. The van der Waals surface area contributed by atoms with Gasteiger partial charge in [0, 0.05) is 0 Å². The topological polar surface area (TPSA) is 38.8 Å². The Hall–Kier alpha value is -1.55. The monoisotopic (exact) mass is 235 g/mol. The van der Waals surface area contributed by atoms with Crippen molar-refractivity contribution in [2.75, 3.05) is 13.1 Å². The minimum atomic E-state index is -0.307. The van der Waals surface area contributed by atoms with E-state index in [1.807, 2.05) is 32.0 Å². The average Bonchev–Trinajstić information content (AvgIpc) is 2.29. The van der Waals surface area contributed by atoms with Gasteiger partial charge in [-0.2, -0.15) is 0 Å². The molecule has 1 amide bonds. The van der Waals surface area contributed by atoms with Gasteiger partial charge in [0.15, 0.2) is 0 Å². The number of rotatable bonds is 1. The van der Waals surface area contributed by atoms with Gasteiger partial charge < -0.3 is 14.4 Å². The molecule has 1 fully saturated rings. The molecule has 92 valence electrons. The van der Waals surface area contributed by atoms with Crippen LogP contribution in [0.2, 0.25) is 0 Å². The number of benzene rings is 1. The second-order valence-corrected chi connectivity index (χ2v) is 4.34. The van der Waals surface area contributed by atoms with E-state index >= 15 is 0 Å². The summed E-state index contributed by atoms with van der Waals surface area (Å²) in [5.41, 5.74) is 0. The van der Waals surface area contributed by atoms with Gasteiger partial charge in [0.2, 0.25) is 0 Å². The van der Waals surface area contributed by atoms with Crippen molar-refractivity contribution in [1.29, 1.82) is 0 Å². The van der Waals surface area contributed by atoms with E-state index < -0.39 is 0 Å². The van der Waals surface area contributed by atoms with Crippen LogP contribution in [-0.2, 0) is 4.74 Å². The molecule has 4 nitrogen and oxygen atoms in total. The maximum atomic E-state index is 11.9. The van der Waals surface area contributed by atoms with Gasteiger partial charge in [-0.15, -0.1) is 0 Å². The highest BCUT2D eigenvalue weighted by molar-refractivity contribution is 5.70. The van der Waals surface area contributed by atoms with Gasteiger partial charge >= 0.3 is 6.09 Å². The lowest BCUT2D eigenvalue weighted by Gasteiger charge is -2.34. The molecule has 2 atom stereocenters.